The number of nitrogens with zero attached hydrogens (tertiary/aromatic N) is 1. The van der Waals surface area contributed by atoms with Gasteiger partial charge in [-0.15, -0.1) is 0 Å². The number of amides is 1. The molecule has 0 spiro atoms. The third kappa shape index (κ3) is 2.18. The van der Waals surface area contributed by atoms with Gasteiger partial charge in [-0.25, -0.2) is 5.84 Å². The Balaban J connectivity index is 2.60. The molecule has 0 aliphatic carbocycles. The number of nitrogens with one attached hydrogen (secondary N) is 1. The molecule has 1 aromatic carbocycles. The van der Waals surface area contributed by atoms with Gasteiger partial charge in [-0.05, 0) is 51.7 Å². The highest BCUT2D eigenvalue weighted by molar-refractivity contribution is 5.89. The first-order valence-electron chi connectivity index (χ1n) is 7.12. The summed E-state index contributed by atoms with van der Waals surface area (Å²) in [7, 11) is 0. The fraction of sp³-hybridized carbons (Fsp3) is 0.562. The Kier molecular flexibility index (Phi) is 3.54. The van der Waals surface area contributed by atoms with E-state index in [0.29, 0.717) is 5.92 Å². The second-order valence-corrected chi connectivity index (χ2v) is 6.84. The van der Waals surface area contributed by atoms with E-state index in [0.717, 1.165) is 12.1 Å². The fourth-order valence-electron chi connectivity index (χ4n) is 3.72. The lowest BCUT2D eigenvalue weighted by molar-refractivity contribution is -0.126. The molecule has 0 saturated carbocycles. The average molecular weight is 275 g/mol. The van der Waals surface area contributed by atoms with Crippen LogP contribution in [0.3, 0.4) is 0 Å². The van der Waals surface area contributed by atoms with Gasteiger partial charge in [0.1, 0.15) is 5.54 Å². The molecule has 0 saturated heterocycles. The fourth-order valence-corrected chi connectivity index (χ4v) is 3.72. The van der Waals surface area contributed by atoms with Crippen LogP contribution in [-0.2, 0) is 4.79 Å². The molecular formula is C16H25N3O. The summed E-state index contributed by atoms with van der Waals surface area (Å²) in [6.07, 6.45) is 1.01. The Bertz CT molecular complexity index is 522. The Labute approximate surface area is 121 Å². The molecular weight excluding hydrogens is 250 g/mol. The van der Waals surface area contributed by atoms with Crippen LogP contribution in [0.5, 0.6) is 0 Å². The van der Waals surface area contributed by atoms with Gasteiger partial charge in [0.15, 0.2) is 0 Å². The number of fused-ring (bicyclic) bond motifs is 1. The van der Waals surface area contributed by atoms with Crippen molar-refractivity contribution >= 4 is 11.6 Å². The first kappa shape index (κ1) is 14.9. The van der Waals surface area contributed by atoms with Crippen molar-refractivity contribution in [1.82, 2.24) is 5.43 Å². The van der Waals surface area contributed by atoms with E-state index in [-0.39, 0.29) is 11.4 Å². The predicted octanol–water partition coefficient (Wildman–Crippen LogP) is 2.55. The van der Waals surface area contributed by atoms with E-state index in [1.54, 1.807) is 0 Å². The van der Waals surface area contributed by atoms with Gasteiger partial charge in [0.25, 0.3) is 5.91 Å². The number of hydrogen-bond donors (Lipinski definition) is 2. The highest BCUT2D eigenvalue weighted by Gasteiger charge is 2.46. The number of rotatable bonds is 2. The zero-order chi connectivity index (χ0) is 15.1. The molecule has 2 rings (SSSR count). The molecule has 1 atom stereocenters. The second-order valence-electron chi connectivity index (χ2n) is 6.84. The van der Waals surface area contributed by atoms with E-state index < -0.39 is 5.54 Å². The summed E-state index contributed by atoms with van der Waals surface area (Å²) in [5.74, 6) is 5.68. The lowest BCUT2D eigenvalue weighted by Gasteiger charge is -2.54. The zero-order valence-electron chi connectivity index (χ0n) is 13.0. The minimum atomic E-state index is -0.700. The Hall–Kier alpha value is -1.55. The normalized spacial score (nSPS) is 21.3. The number of hydrogen-bond acceptors (Lipinski definition) is 3. The number of carbonyl (C=O) groups excluding carboxylic acids is 1. The standard InChI is InChI=1S/C16H25N3O/c1-11-10-15(2,3)19(16(4,5)14(20)18-17)13-9-7-6-8-12(11)13/h6-9,11H,10,17H2,1-5H3,(H,18,20). The van der Waals surface area contributed by atoms with Crippen LogP contribution >= 0.6 is 0 Å². The molecule has 1 aliphatic rings. The van der Waals surface area contributed by atoms with E-state index in [9.17, 15) is 4.79 Å². The summed E-state index contributed by atoms with van der Waals surface area (Å²) < 4.78 is 0. The lowest BCUT2D eigenvalue weighted by atomic mass is 9.77. The molecule has 20 heavy (non-hydrogen) atoms. The SMILES string of the molecule is CC1CC(C)(C)N(C(C)(C)C(=O)NN)c2ccccc21. The van der Waals surface area contributed by atoms with E-state index in [4.69, 9.17) is 5.84 Å². The average Bonchev–Trinajstić information content (AvgIpc) is 2.36. The number of para-hydroxylation sites is 1. The van der Waals surface area contributed by atoms with Crippen LogP contribution in [0.1, 0.15) is 52.5 Å². The van der Waals surface area contributed by atoms with E-state index >= 15 is 0 Å². The van der Waals surface area contributed by atoms with Crippen LogP contribution in [-0.4, -0.2) is 17.0 Å². The molecule has 1 aromatic rings. The number of carbonyl (C=O) groups is 1. The quantitative estimate of drug-likeness (QED) is 0.495. The molecule has 1 amide bonds. The highest BCUT2D eigenvalue weighted by atomic mass is 16.2. The monoisotopic (exact) mass is 275 g/mol. The van der Waals surface area contributed by atoms with Crippen LogP contribution in [0, 0.1) is 0 Å². The maximum absolute atomic E-state index is 12.2. The van der Waals surface area contributed by atoms with Gasteiger partial charge in [0, 0.05) is 11.2 Å². The first-order valence-corrected chi connectivity index (χ1v) is 7.12. The third-order valence-electron chi connectivity index (χ3n) is 4.37. The van der Waals surface area contributed by atoms with Gasteiger partial charge >= 0.3 is 0 Å². The van der Waals surface area contributed by atoms with Crippen molar-refractivity contribution in [3.05, 3.63) is 29.8 Å². The van der Waals surface area contributed by atoms with E-state index in [1.165, 1.54) is 5.56 Å². The van der Waals surface area contributed by atoms with Crippen LogP contribution < -0.4 is 16.2 Å². The highest BCUT2D eigenvalue weighted by Crippen LogP contribution is 2.46. The number of anilines is 1. The molecule has 4 heteroatoms. The van der Waals surface area contributed by atoms with Crippen LogP contribution in [0.15, 0.2) is 24.3 Å². The molecule has 0 bridgehead atoms. The van der Waals surface area contributed by atoms with Crippen molar-refractivity contribution < 1.29 is 4.79 Å². The van der Waals surface area contributed by atoms with Gasteiger partial charge < -0.3 is 4.90 Å². The smallest absolute Gasteiger partial charge is 0.259 e. The Morgan fingerprint density at radius 2 is 2.00 bits per heavy atom. The maximum atomic E-state index is 12.2. The largest absolute Gasteiger partial charge is 0.352 e. The van der Waals surface area contributed by atoms with Crippen LogP contribution in [0.2, 0.25) is 0 Å². The summed E-state index contributed by atoms with van der Waals surface area (Å²) in [5, 5.41) is 0. The van der Waals surface area contributed by atoms with Gasteiger partial charge in [-0.1, -0.05) is 25.1 Å². The topological polar surface area (TPSA) is 58.4 Å². The van der Waals surface area contributed by atoms with E-state index in [2.05, 4.69) is 49.3 Å². The number of hydrazine groups is 1. The van der Waals surface area contributed by atoms with Gasteiger partial charge in [-0.2, -0.15) is 0 Å². The molecule has 3 N–H and O–H groups in total. The molecule has 1 aliphatic heterocycles. The number of benzene rings is 1. The molecule has 0 fully saturated rings. The molecule has 0 radical (unpaired) electrons. The van der Waals surface area contributed by atoms with Gasteiger partial charge in [0.2, 0.25) is 0 Å². The first-order chi connectivity index (χ1) is 9.21. The minimum Gasteiger partial charge on any atom is -0.352 e. The molecule has 1 heterocycles. The molecule has 110 valence electrons. The van der Waals surface area contributed by atoms with Crippen molar-refractivity contribution in [2.45, 2.75) is 58.0 Å². The van der Waals surface area contributed by atoms with E-state index in [1.807, 2.05) is 19.9 Å². The summed E-state index contributed by atoms with van der Waals surface area (Å²) >= 11 is 0. The lowest BCUT2D eigenvalue weighted by Crippen LogP contribution is -2.65. The van der Waals surface area contributed by atoms with Crippen molar-refractivity contribution in [3.63, 3.8) is 0 Å². The number of nitrogens with two attached hydrogens (primary N) is 1. The summed E-state index contributed by atoms with van der Waals surface area (Å²) in [4.78, 5) is 14.4. The van der Waals surface area contributed by atoms with Crippen molar-refractivity contribution in [2.75, 3.05) is 4.90 Å². The summed E-state index contributed by atoms with van der Waals surface area (Å²) in [6, 6.07) is 8.33. The van der Waals surface area contributed by atoms with Gasteiger partial charge in [-0.3, -0.25) is 10.2 Å². The molecule has 0 aromatic heterocycles. The van der Waals surface area contributed by atoms with Crippen LogP contribution in [0.4, 0.5) is 5.69 Å². The zero-order valence-corrected chi connectivity index (χ0v) is 13.0. The van der Waals surface area contributed by atoms with Crippen molar-refractivity contribution in [3.8, 4) is 0 Å². The van der Waals surface area contributed by atoms with Crippen molar-refractivity contribution in [2.24, 2.45) is 5.84 Å². The summed E-state index contributed by atoms with van der Waals surface area (Å²) in [5.41, 5.74) is 3.92. The van der Waals surface area contributed by atoms with Crippen LogP contribution in [0.25, 0.3) is 0 Å². The van der Waals surface area contributed by atoms with Gasteiger partial charge in [0.05, 0.1) is 0 Å². The molecule has 1 unspecified atom stereocenters. The summed E-state index contributed by atoms with van der Waals surface area (Å²) in [6.45, 7) is 10.5. The minimum absolute atomic E-state index is 0.107. The second kappa shape index (κ2) is 4.77. The Morgan fingerprint density at radius 1 is 1.40 bits per heavy atom. The molecule has 4 nitrogen and oxygen atoms in total. The third-order valence-corrected chi connectivity index (χ3v) is 4.37. The predicted molar refractivity (Wildman–Crippen MR) is 82.4 cm³/mol. The Morgan fingerprint density at radius 3 is 2.60 bits per heavy atom. The maximum Gasteiger partial charge on any atom is 0.259 e. The van der Waals surface area contributed by atoms with Crippen molar-refractivity contribution in [1.29, 1.82) is 0 Å².